The molecule has 0 aromatic heterocycles. The van der Waals surface area contributed by atoms with Gasteiger partial charge >= 0.3 is 0 Å². The largest absolute Gasteiger partial charge is 0.495 e. The summed E-state index contributed by atoms with van der Waals surface area (Å²) in [6.45, 7) is 6.37. The van der Waals surface area contributed by atoms with Gasteiger partial charge in [-0.25, -0.2) is 0 Å². The Labute approximate surface area is 148 Å². The van der Waals surface area contributed by atoms with Gasteiger partial charge < -0.3 is 10.1 Å². The Hall–Kier alpha value is -2.26. The minimum atomic E-state index is -0.223. The van der Waals surface area contributed by atoms with Gasteiger partial charge in [0.15, 0.2) is 0 Å². The molecule has 126 valence electrons. The highest BCUT2D eigenvalue weighted by atomic mass is 35.5. The van der Waals surface area contributed by atoms with Crippen molar-refractivity contribution in [2.24, 2.45) is 0 Å². The summed E-state index contributed by atoms with van der Waals surface area (Å²) in [5.74, 6) is 0.409. The van der Waals surface area contributed by atoms with Crippen molar-refractivity contribution >= 4 is 29.3 Å². The topological polar surface area (TPSA) is 38.3 Å². The van der Waals surface area contributed by atoms with E-state index in [0.717, 1.165) is 11.1 Å². The number of halogens is 1. The zero-order valence-corrected chi connectivity index (χ0v) is 15.1. The van der Waals surface area contributed by atoms with Gasteiger partial charge in [0.25, 0.3) is 0 Å². The van der Waals surface area contributed by atoms with Crippen LogP contribution in [0.5, 0.6) is 5.75 Å². The van der Waals surface area contributed by atoms with E-state index in [1.807, 2.05) is 30.3 Å². The van der Waals surface area contributed by atoms with Gasteiger partial charge in [-0.2, -0.15) is 0 Å². The van der Waals surface area contributed by atoms with Crippen LogP contribution in [0.15, 0.2) is 48.5 Å². The first-order chi connectivity index (χ1) is 11.3. The molecule has 0 saturated heterocycles. The van der Waals surface area contributed by atoms with Gasteiger partial charge in [0.05, 0.1) is 12.8 Å². The summed E-state index contributed by atoms with van der Waals surface area (Å²) in [4.78, 5) is 12.2. The van der Waals surface area contributed by atoms with E-state index in [9.17, 15) is 4.79 Å². The third-order valence-electron chi connectivity index (χ3n) is 3.60. The Balaban J connectivity index is 2.18. The molecule has 4 heteroatoms. The molecule has 0 atom stereocenters. The van der Waals surface area contributed by atoms with Crippen LogP contribution in [-0.2, 0) is 10.2 Å². The average molecular weight is 344 g/mol. The lowest BCUT2D eigenvalue weighted by molar-refractivity contribution is -0.111. The van der Waals surface area contributed by atoms with E-state index in [1.165, 1.54) is 6.08 Å². The Kier molecular flexibility index (Phi) is 5.68. The molecule has 0 heterocycles. The van der Waals surface area contributed by atoms with Crippen LogP contribution < -0.4 is 10.1 Å². The van der Waals surface area contributed by atoms with E-state index in [1.54, 1.807) is 25.3 Å². The summed E-state index contributed by atoms with van der Waals surface area (Å²) in [5, 5.41) is 3.51. The zero-order chi connectivity index (χ0) is 17.7. The van der Waals surface area contributed by atoms with E-state index >= 15 is 0 Å². The summed E-state index contributed by atoms with van der Waals surface area (Å²) in [6.07, 6.45) is 3.20. The quantitative estimate of drug-likeness (QED) is 0.765. The third-order valence-corrected chi connectivity index (χ3v) is 3.83. The highest BCUT2D eigenvalue weighted by molar-refractivity contribution is 6.30. The fraction of sp³-hybridized carbons (Fsp3) is 0.250. The molecular formula is C20H22ClNO2. The van der Waals surface area contributed by atoms with Gasteiger partial charge in [-0.1, -0.05) is 50.6 Å². The Morgan fingerprint density at radius 2 is 1.92 bits per heavy atom. The average Bonchev–Trinajstić information content (AvgIpc) is 2.52. The fourth-order valence-corrected chi connectivity index (χ4v) is 2.43. The molecule has 0 saturated carbocycles. The third kappa shape index (κ3) is 4.87. The second-order valence-electron chi connectivity index (χ2n) is 6.54. The van der Waals surface area contributed by atoms with E-state index < -0.39 is 0 Å². The fourth-order valence-electron chi connectivity index (χ4n) is 2.23. The molecular weight excluding hydrogens is 322 g/mol. The maximum atomic E-state index is 12.2. The van der Waals surface area contributed by atoms with Crippen LogP contribution in [0.3, 0.4) is 0 Å². The van der Waals surface area contributed by atoms with E-state index in [-0.39, 0.29) is 11.3 Å². The van der Waals surface area contributed by atoms with Crippen LogP contribution in [0, 0.1) is 0 Å². The van der Waals surface area contributed by atoms with E-state index in [4.69, 9.17) is 16.3 Å². The molecule has 3 nitrogen and oxygen atoms in total. The second-order valence-corrected chi connectivity index (χ2v) is 6.98. The van der Waals surface area contributed by atoms with Crippen LogP contribution >= 0.6 is 11.6 Å². The lowest BCUT2D eigenvalue weighted by Crippen LogP contribution is -2.14. The maximum absolute atomic E-state index is 12.2. The second kappa shape index (κ2) is 7.54. The number of nitrogens with one attached hydrogen (secondary N) is 1. The molecule has 2 aromatic rings. The van der Waals surface area contributed by atoms with E-state index in [2.05, 4.69) is 26.1 Å². The van der Waals surface area contributed by atoms with Crippen LogP contribution in [0.2, 0.25) is 5.02 Å². The molecule has 2 aromatic carbocycles. The minimum Gasteiger partial charge on any atom is -0.495 e. The van der Waals surface area contributed by atoms with Crippen LogP contribution in [0.4, 0.5) is 5.69 Å². The summed E-state index contributed by atoms with van der Waals surface area (Å²) in [7, 11) is 1.59. The number of carbonyl (C=O) groups excluding carboxylic acids is 1. The summed E-state index contributed by atoms with van der Waals surface area (Å²) in [6, 6.07) is 13.2. The van der Waals surface area contributed by atoms with Crippen molar-refractivity contribution in [3.63, 3.8) is 0 Å². The number of benzene rings is 2. The number of methoxy groups -OCH3 is 1. The normalized spacial score (nSPS) is 11.5. The van der Waals surface area contributed by atoms with Gasteiger partial charge in [-0.05, 0) is 46.9 Å². The van der Waals surface area contributed by atoms with Gasteiger partial charge in [-0.3, -0.25) is 4.79 Å². The van der Waals surface area contributed by atoms with Crippen LogP contribution in [-0.4, -0.2) is 13.0 Å². The van der Waals surface area contributed by atoms with Gasteiger partial charge in [0.2, 0.25) is 5.91 Å². The summed E-state index contributed by atoms with van der Waals surface area (Å²) >= 11 is 5.94. The molecule has 0 spiro atoms. The van der Waals surface area contributed by atoms with Gasteiger partial charge in [0.1, 0.15) is 5.75 Å². The number of anilines is 1. The smallest absolute Gasteiger partial charge is 0.248 e. The predicted molar refractivity (Wildman–Crippen MR) is 101 cm³/mol. The summed E-state index contributed by atoms with van der Waals surface area (Å²) < 4.78 is 5.34. The van der Waals surface area contributed by atoms with Crippen molar-refractivity contribution < 1.29 is 9.53 Å². The number of amides is 1. The Morgan fingerprint density at radius 1 is 1.17 bits per heavy atom. The molecule has 0 aliphatic carbocycles. The molecule has 1 amide bonds. The lowest BCUT2D eigenvalue weighted by Gasteiger charge is -2.21. The molecule has 0 fully saturated rings. The number of ether oxygens (including phenoxy) is 1. The van der Waals surface area contributed by atoms with Crippen molar-refractivity contribution in [2.45, 2.75) is 26.2 Å². The molecule has 1 N–H and O–H groups in total. The number of rotatable bonds is 4. The first-order valence-electron chi connectivity index (χ1n) is 7.73. The SMILES string of the molecule is COc1ccc(C(C)(C)C)cc1NC(=O)/C=C/c1cccc(Cl)c1. The lowest BCUT2D eigenvalue weighted by atomic mass is 9.87. The van der Waals surface area contributed by atoms with Crippen molar-refractivity contribution in [3.8, 4) is 5.75 Å². The standard InChI is InChI=1S/C20H22ClNO2/c1-20(2,3)15-9-10-18(24-4)17(13-15)22-19(23)11-8-14-6-5-7-16(21)12-14/h5-13H,1-4H3,(H,22,23)/b11-8+. The van der Waals surface area contributed by atoms with Crippen molar-refractivity contribution in [3.05, 3.63) is 64.7 Å². The molecule has 24 heavy (non-hydrogen) atoms. The molecule has 0 bridgehead atoms. The van der Waals surface area contributed by atoms with E-state index in [0.29, 0.717) is 16.5 Å². The Bertz CT molecular complexity index is 760. The maximum Gasteiger partial charge on any atom is 0.248 e. The monoisotopic (exact) mass is 343 g/mol. The summed E-state index contributed by atoms with van der Waals surface area (Å²) in [5.41, 5.74) is 2.64. The molecule has 0 unspecified atom stereocenters. The molecule has 2 rings (SSSR count). The predicted octanol–water partition coefficient (Wildman–Crippen LogP) is 5.30. The van der Waals surface area contributed by atoms with Crippen LogP contribution in [0.1, 0.15) is 31.9 Å². The molecule has 0 aliphatic rings. The van der Waals surface area contributed by atoms with Gasteiger partial charge in [0, 0.05) is 11.1 Å². The van der Waals surface area contributed by atoms with Crippen molar-refractivity contribution in [1.29, 1.82) is 0 Å². The number of hydrogen-bond donors (Lipinski definition) is 1. The first kappa shape index (κ1) is 18.1. The number of hydrogen-bond acceptors (Lipinski definition) is 2. The van der Waals surface area contributed by atoms with Crippen molar-refractivity contribution in [1.82, 2.24) is 0 Å². The number of carbonyl (C=O) groups is 1. The molecule has 0 aliphatic heterocycles. The van der Waals surface area contributed by atoms with Crippen molar-refractivity contribution in [2.75, 3.05) is 12.4 Å². The first-order valence-corrected chi connectivity index (χ1v) is 8.10. The minimum absolute atomic E-state index is 0.0115. The highest BCUT2D eigenvalue weighted by Crippen LogP contribution is 2.31. The van der Waals surface area contributed by atoms with Gasteiger partial charge in [-0.15, -0.1) is 0 Å². The Morgan fingerprint density at radius 3 is 2.54 bits per heavy atom. The van der Waals surface area contributed by atoms with Crippen LogP contribution in [0.25, 0.3) is 6.08 Å². The highest BCUT2D eigenvalue weighted by Gasteiger charge is 2.16. The zero-order valence-electron chi connectivity index (χ0n) is 14.4. The molecule has 0 radical (unpaired) electrons.